The standard InChI is InChI=1S/C21H25NO4/c1-4-14-7-5-6-8-15(14)22-12-21-10-9-16(26-21)17(18(21)19(22)23)20(24)25-11-13(2)3/h5-10,13,16-18H,4,11-12H2,1-3H3/t16-,17+,18-,21-/m1/s1. The van der Waals surface area contributed by atoms with E-state index >= 15 is 0 Å². The van der Waals surface area contributed by atoms with Crippen molar-refractivity contribution in [3.63, 3.8) is 0 Å². The van der Waals surface area contributed by atoms with Crippen LogP contribution < -0.4 is 4.90 Å². The maximum absolute atomic E-state index is 13.3. The van der Waals surface area contributed by atoms with Crippen molar-refractivity contribution in [1.29, 1.82) is 0 Å². The van der Waals surface area contributed by atoms with Crippen molar-refractivity contribution in [1.82, 2.24) is 0 Å². The van der Waals surface area contributed by atoms with Gasteiger partial charge in [-0.05, 0) is 24.0 Å². The summed E-state index contributed by atoms with van der Waals surface area (Å²) in [5.74, 6) is -1.15. The number of ether oxygens (including phenoxy) is 2. The lowest BCUT2D eigenvalue weighted by molar-refractivity contribution is -0.153. The first-order valence-corrected chi connectivity index (χ1v) is 9.40. The fraction of sp³-hybridized carbons (Fsp3) is 0.524. The SMILES string of the molecule is CCc1ccccc1N1C[C@@]23C=C[C@@H](O2)[C@H](C(=O)OCC(C)C)[C@@H]3C1=O. The van der Waals surface area contributed by atoms with E-state index in [-0.39, 0.29) is 23.9 Å². The third-order valence-corrected chi connectivity index (χ3v) is 5.59. The second kappa shape index (κ2) is 6.23. The van der Waals surface area contributed by atoms with Gasteiger partial charge in [-0.2, -0.15) is 0 Å². The average molecular weight is 355 g/mol. The third kappa shape index (κ3) is 2.49. The Morgan fingerprint density at radius 2 is 2.15 bits per heavy atom. The summed E-state index contributed by atoms with van der Waals surface area (Å²) >= 11 is 0. The van der Waals surface area contributed by atoms with Gasteiger partial charge in [-0.25, -0.2) is 0 Å². The van der Waals surface area contributed by atoms with Gasteiger partial charge < -0.3 is 14.4 Å². The molecule has 1 aromatic carbocycles. The molecule has 5 nitrogen and oxygen atoms in total. The van der Waals surface area contributed by atoms with E-state index in [0.717, 1.165) is 17.7 Å². The number of benzene rings is 1. The minimum atomic E-state index is -0.704. The van der Waals surface area contributed by atoms with Gasteiger partial charge in [-0.1, -0.05) is 51.1 Å². The Hall–Kier alpha value is -2.14. The van der Waals surface area contributed by atoms with E-state index in [9.17, 15) is 9.59 Å². The second-order valence-corrected chi connectivity index (χ2v) is 7.83. The number of amides is 1. The Bertz CT molecular complexity index is 771. The molecular weight excluding hydrogens is 330 g/mol. The quantitative estimate of drug-likeness (QED) is 0.602. The fourth-order valence-corrected chi connectivity index (χ4v) is 4.39. The molecule has 3 aliphatic heterocycles. The van der Waals surface area contributed by atoms with E-state index in [4.69, 9.17) is 9.47 Å². The molecule has 2 fully saturated rings. The molecule has 0 unspecified atom stereocenters. The Labute approximate surface area is 154 Å². The van der Waals surface area contributed by atoms with Gasteiger partial charge in [0.25, 0.3) is 0 Å². The van der Waals surface area contributed by atoms with E-state index in [0.29, 0.717) is 13.2 Å². The number of aryl methyl sites for hydroxylation is 1. The number of rotatable bonds is 5. The van der Waals surface area contributed by atoms with Crippen LogP contribution in [-0.2, 0) is 25.5 Å². The topological polar surface area (TPSA) is 55.8 Å². The van der Waals surface area contributed by atoms with Gasteiger partial charge in [0.2, 0.25) is 5.91 Å². The van der Waals surface area contributed by atoms with Crippen molar-refractivity contribution in [3.8, 4) is 0 Å². The predicted molar refractivity (Wildman–Crippen MR) is 97.7 cm³/mol. The molecule has 1 spiro atoms. The lowest BCUT2D eigenvalue weighted by Crippen LogP contribution is -2.40. The van der Waals surface area contributed by atoms with Crippen LogP contribution in [-0.4, -0.2) is 36.7 Å². The Balaban J connectivity index is 1.64. The van der Waals surface area contributed by atoms with Gasteiger partial charge in [0, 0.05) is 5.69 Å². The van der Waals surface area contributed by atoms with E-state index < -0.39 is 17.4 Å². The van der Waals surface area contributed by atoms with E-state index in [2.05, 4.69) is 6.92 Å². The summed E-state index contributed by atoms with van der Waals surface area (Å²) in [4.78, 5) is 27.8. The molecular formula is C21H25NO4. The highest BCUT2D eigenvalue weighted by molar-refractivity contribution is 6.03. The average Bonchev–Trinajstić information content (AvgIpc) is 3.28. The molecule has 0 aromatic heterocycles. The normalized spacial score (nSPS) is 31.8. The number of fused-ring (bicyclic) bond motifs is 1. The van der Waals surface area contributed by atoms with Crippen LogP contribution in [0.15, 0.2) is 36.4 Å². The zero-order chi connectivity index (χ0) is 18.5. The highest BCUT2D eigenvalue weighted by Gasteiger charge is 2.67. The summed E-state index contributed by atoms with van der Waals surface area (Å²) in [6.07, 6.45) is 4.38. The highest BCUT2D eigenvalue weighted by atomic mass is 16.6. The number of para-hydroxylation sites is 1. The van der Waals surface area contributed by atoms with Crippen molar-refractivity contribution in [2.24, 2.45) is 17.8 Å². The molecule has 0 radical (unpaired) electrons. The lowest BCUT2D eigenvalue weighted by Gasteiger charge is -2.23. The number of hydrogen-bond donors (Lipinski definition) is 0. The molecule has 1 aromatic rings. The summed E-state index contributed by atoms with van der Waals surface area (Å²) in [5.41, 5.74) is 1.33. The Morgan fingerprint density at radius 3 is 2.88 bits per heavy atom. The van der Waals surface area contributed by atoms with Gasteiger partial charge in [0.05, 0.1) is 25.2 Å². The van der Waals surface area contributed by atoms with Crippen LogP contribution in [0, 0.1) is 17.8 Å². The van der Waals surface area contributed by atoms with Crippen LogP contribution in [0.3, 0.4) is 0 Å². The Morgan fingerprint density at radius 1 is 1.38 bits per heavy atom. The van der Waals surface area contributed by atoms with Crippen LogP contribution in [0.5, 0.6) is 0 Å². The molecule has 2 bridgehead atoms. The van der Waals surface area contributed by atoms with Gasteiger partial charge in [0.15, 0.2) is 0 Å². The van der Waals surface area contributed by atoms with Crippen molar-refractivity contribution < 1.29 is 19.1 Å². The van der Waals surface area contributed by atoms with Crippen molar-refractivity contribution in [2.45, 2.75) is 38.9 Å². The van der Waals surface area contributed by atoms with Crippen molar-refractivity contribution in [2.75, 3.05) is 18.1 Å². The molecule has 5 heteroatoms. The minimum Gasteiger partial charge on any atom is -0.465 e. The number of nitrogens with zero attached hydrogens (tertiary/aromatic N) is 1. The summed E-state index contributed by atoms with van der Waals surface area (Å²) < 4.78 is 11.6. The molecule has 4 atom stereocenters. The van der Waals surface area contributed by atoms with E-state index in [1.807, 2.05) is 50.3 Å². The largest absolute Gasteiger partial charge is 0.465 e. The minimum absolute atomic E-state index is 0.0377. The first-order valence-electron chi connectivity index (χ1n) is 9.40. The zero-order valence-electron chi connectivity index (χ0n) is 15.5. The predicted octanol–water partition coefficient (Wildman–Crippen LogP) is 2.73. The summed E-state index contributed by atoms with van der Waals surface area (Å²) in [6, 6.07) is 7.93. The second-order valence-electron chi connectivity index (χ2n) is 7.83. The summed E-state index contributed by atoms with van der Waals surface area (Å²) in [7, 11) is 0. The van der Waals surface area contributed by atoms with Crippen molar-refractivity contribution >= 4 is 17.6 Å². The van der Waals surface area contributed by atoms with Crippen LogP contribution >= 0.6 is 0 Å². The molecule has 26 heavy (non-hydrogen) atoms. The summed E-state index contributed by atoms with van der Waals surface area (Å²) in [5, 5.41) is 0. The van der Waals surface area contributed by atoms with Crippen LogP contribution in [0.4, 0.5) is 5.69 Å². The molecule has 3 aliphatic rings. The monoisotopic (exact) mass is 355 g/mol. The van der Waals surface area contributed by atoms with E-state index in [1.165, 1.54) is 0 Å². The zero-order valence-corrected chi connectivity index (χ0v) is 15.5. The number of esters is 1. The molecule has 3 heterocycles. The van der Waals surface area contributed by atoms with Gasteiger partial charge in [-0.3, -0.25) is 9.59 Å². The molecule has 0 N–H and O–H groups in total. The molecule has 0 aliphatic carbocycles. The molecule has 2 saturated heterocycles. The number of anilines is 1. The third-order valence-electron chi connectivity index (χ3n) is 5.59. The molecule has 4 rings (SSSR count). The van der Waals surface area contributed by atoms with Gasteiger partial charge in [-0.15, -0.1) is 0 Å². The molecule has 0 saturated carbocycles. The maximum Gasteiger partial charge on any atom is 0.312 e. The fourth-order valence-electron chi connectivity index (χ4n) is 4.39. The van der Waals surface area contributed by atoms with E-state index in [1.54, 1.807) is 4.90 Å². The number of carbonyl (C=O) groups excluding carboxylic acids is 2. The highest BCUT2D eigenvalue weighted by Crippen LogP contribution is 2.53. The first-order chi connectivity index (χ1) is 12.5. The van der Waals surface area contributed by atoms with Crippen LogP contribution in [0.1, 0.15) is 26.3 Å². The number of carbonyl (C=O) groups is 2. The van der Waals surface area contributed by atoms with Crippen LogP contribution in [0.2, 0.25) is 0 Å². The number of hydrogen-bond acceptors (Lipinski definition) is 4. The molecule has 138 valence electrons. The lowest BCUT2D eigenvalue weighted by atomic mass is 9.77. The Kier molecular flexibility index (Phi) is 4.14. The van der Waals surface area contributed by atoms with Crippen molar-refractivity contribution in [3.05, 3.63) is 42.0 Å². The van der Waals surface area contributed by atoms with Gasteiger partial charge >= 0.3 is 5.97 Å². The smallest absolute Gasteiger partial charge is 0.312 e. The molecule has 1 amide bonds. The maximum atomic E-state index is 13.3. The first kappa shape index (κ1) is 17.3. The van der Waals surface area contributed by atoms with Crippen LogP contribution in [0.25, 0.3) is 0 Å². The summed E-state index contributed by atoms with van der Waals surface area (Å²) in [6.45, 7) is 6.88. The van der Waals surface area contributed by atoms with Gasteiger partial charge in [0.1, 0.15) is 11.5 Å².